The van der Waals surface area contributed by atoms with E-state index in [4.69, 9.17) is 13.3 Å². The van der Waals surface area contributed by atoms with Gasteiger partial charge in [-0.3, -0.25) is 0 Å². The standard InChI is InChI=1S/C39H22N2O3/c1-2-8-24-20-35-31(19-23(24)7-1)38-32(17-18-40-39(38)44-35)41(25-13-15-29-27-9-3-5-11-33(27)42-36(29)21-25)26-14-16-30-28-10-4-6-12-34(28)43-37(30)22-26/h1-22H. The van der Waals surface area contributed by atoms with Gasteiger partial charge in [-0.2, -0.15) is 0 Å². The molecule has 5 heteroatoms. The molecule has 10 rings (SSSR count). The zero-order valence-electron chi connectivity index (χ0n) is 23.3. The highest BCUT2D eigenvalue weighted by atomic mass is 16.3. The Kier molecular flexibility index (Phi) is 4.66. The van der Waals surface area contributed by atoms with Gasteiger partial charge < -0.3 is 18.2 Å². The van der Waals surface area contributed by atoms with Crippen LogP contribution in [0.5, 0.6) is 0 Å². The third kappa shape index (κ3) is 3.32. The lowest BCUT2D eigenvalue weighted by atomic mass is 10.0. The molecule has 0 atom stereocenters. The molecule has 0 bridgehead atoms. The summed E-state index contributed by atoms with van der Waals surface area (Å²) in [7, 11) is 0. The van der Waals surface area contributed by atoms with Gasteiger partial charge in [-0.25, -0.2) is 4.98 Å². The van der Waals surface area contributed by atoms with Gasteiger partial charge in [-0.05, 0) is 65.4 Å². The fourth-order valence-corrected chi connectivity index (χ4v) is 6.69. The van der Waals surface area contributed by atoms with Crippen LogP contribution in [0.15, 0.2) is 147 Å². The normalized spacial score (nSPS) is 12.1. The van der Waals surface area contributed by atoms with Crippen LogP contribution in [0, 0.1) is 0 Å². The van der Waals surface area contributed by atoms with Crippen LogP contribution >= 0.6 is 0 Å². The SMILES string of the molecule is c1ccc2cc3c(cc2c1)oc1nccc(N(c2ccc4c(c2)oc2ccccc24)c2ccc4c(c2)oc2ccccc24)c13. The number of anilines is 3. The molecule has 44 heavy (non-hydrogen) atoms. The van der Waals surface area contributed by atoms with Crippen molar-refractivity contribution in [3.8, 4) is 0 Å². The first-order chi connectivity index (χ1) is 21.8. The maximum Gasteiger partial charge on any atom is 0.229 e. The van der Waals surface area contributed by atoms with Crippen LogP contribution in [0.3, 0.4) is 0 Å². The molecule has 5 nitrogen and oxygen atoms in total. The molecule has 0 amide bonds. The second kappa shape index (κ2) is 8.72. The van der Waals surface area contributed by atoms with Crippen molar-refractivity contribution in [1.29, 1.82) is 0 Å². The van der Waals surface area contributed by atoms with E-state index < -0.39 is 0 Å². The summed E-state index contributed by atoms with van der Waals surface area (Å²) in [6.45, 7) is 0. The van der Waals surface area contributed by atoms with Gasteiger partial charge in [0.1, 0.15) is 27.9 Å². The predicted molar refractivity (Wildman–Crippen MR) is 178 cm³/mol. The average molecular weight is 567 g/mol. The van der Waals surface area contributed by atoms with E-state index in [-0.39, 0.29) is 0 Å². The second-order valence-corrected chi connectivity index (χ2v) is 11.2. The van der Waals surface area contributed by atoms with Gasteiger partial charge in [-0.15, -0.1) is 0 Å². The summed E-state index contributed by atoms with van der Waals surface area (Å²) in [5.41, 5.74) is 7.65. The van der Waals surface area contributed by atoms with Crippen molar-refractivity contribution < 1.29 is 13.3 Å². The maximum atomic E-state index is 6.37. The Bertz CT molecular complexity index is 2630. The molecule has 0 saturated heterocycles. The second-order valence-electron chi connectivity index (χ2n) is 11.2. The Hall–Kier alpha value is -6.07. The summed E-state index contributed by atoms with van der Waals surface area (Å²) in [5.74, 6) is 0. The Balaban J connectivity index is 1.28. The summed E-state index contributed by atoms with van der Waals surface area (Å²) in [6.07, 6.45) is 1.81. The number of benzene rings is 6. The molecule has 0 fully saturated rings. The highest BCUT2D eigenvalue weighted by molar-refractivity contribution is 6.16. The van der Waals surface area contributed by atoms with Crippen LogP contribution in [0.1, 0.15) is 0 Å². The fraction of sp³-hybridized carbons (Fsp3) is 0. The largest absolute Gasteiger partial charge is 0.456 e. The summed E-state index contributed by atoms with van der Waals surface area (Å²) in [5, 5.41) is 8.60. The zero-order chi connectivity index (χ0) is 28.8. The predicted octanol–water partition coefficient (Wildman–Crippen LogP) is 11.4. The number of aromatic nitrogens is 1. The molecule has 0 saturated carbocycles. The molecule has 0 aliphatic rings. The monoisotopic (exact) mass is 566 g/mol. The van der Waals surface area contributed by atoms with Crippen LogP contribution in [0.25, 0.3) is 76.7 Å². The van der Waals surface area contributed by atoms with Crippen LogP contribution in [0.4, 0.5) is 17.1 Å². The lowest BCUT2D eigenvalue weighted by molar-refractivity contribution is 0.654. The van der Waals surface area contributed by atoms with E-state index in [0.717, 1.165) is 88.1 Å². The van der Waals surface area contributed by atoms with E-state index in [1.165, 1.54) is 0 Å². The quantitative estimate of drug-likeness (QED) is 0.213. The van der Waals surface area contributed by atoms with E-state index >= 15 is 0 Å². The Morgan fingerprint density at radius 3 is 1.64 bits per heavy atom. The van der Waals surface area contributed by atoms with Crippen LogP contribution in [-0.2, 0) is 0 Å². The minimum absolute atomic E-state index is 0.590. The Morgan fingerprint density at radius 2 is 0.977 bits per heavy atom. The number of rotatable bonds is 3. The Morgan fingerprint density at radius 1 is 0.432 bits per heavy atom. The first-order valence-corrected chi connectivity index (χ1v) is 14.6. The van der Waals surface area contributed by atoms with Gasteiger partial charge in [-0.1, -0.05) is 60.7 Å². The van der Waals surface area contributed by atoms with Gasteiger partial charge in [0.05, 0.1) is 11.1 Å². The van der Waals surface area contributed by atoms with E-state index in [2.05, 4.69) is 94.8 Å². The molecule has 0 radical (unpaired) electrons. The smallest absolute Gasteiger partial charge is 0.229 e. The van der Waals surface area contributed by atoms with E-state index in [9.17, 15) is 0 Å². The molecule has 4 heterocycles. The molecule has 206 valence electrons. The maximum absolute atomic E-state index is 6.37. The van der Waals surface area contributed by atoms with Crippen molar-refractivity contribution >= 4 is 93.8 Å². The van der Waals surface area contributed by atoms with Crippen LogP contribution in [0.2, 0.25) is 0 Å². The van der Waals surface area contributed by atoms with Gasteiger partial charge in [0.25, 0.3) is 0 Å². The summed E-state index contributed by atoms with van der Waals surface area (Å²) < 4.78 is 19.0. The number of pyridine rings is 1. The molecule has 4 aromatic heterocycles. The molecule has 0 aliphatic heterocycles. The summed E-state index contributed by atoms with van der Waals surface area (Å²) >= 11 is 0. The third-order valence-corrected chi connectivity index (χ3v) is 8.70. The van der Waals surface area contributed by atoms with Crippen molar-refractivity contribution in [2.45, 2.75) is 0 Å². The van der Waals surface area contributed by atoms with E-state index in [1.807, 2.05) is 48.7 Å². The number of hydrogen-bond donors (Lipinski definition) is 0. The zero-order valence-corrected chi connectivity index (χ0v) is 23.3. The molecule has 10 aromatic rings. The first kappa shape index (κ1) is 23.5. The average Bonchev–Trinajstić information content (AvgIpc) is 3.74. The lowest BCUT2D eigenvalue weighted by Gasteiger charge is -2.26. The summed E-state index contributed by atoms with van der Waals surface area (Å²) in [4.78, 5) is 6.91. The van der Waals surface area contributed by atoms with Crippen molar-refractivity contribution in [2.24, 2.45) is 0 Å². The molecule has 0 N–H and O–H groups in total. The van der Waals surface area contributed by atoms with Gasteiger partial charge in [0.2, 0.25) is 5.71 Å². The number of hydrogen-bond acceptors (Lipinski definition) is 5. The van der Waals surface area contributed by atoms with Crippen molar-refractivity contribution in [3.63, 3.8) is 0 Å². The van der Waals surface area contributed by atoms with Gasteiger partial charge in [0.15, 0.2) is 0 Å². The van der Waals surface area contributed by atoms with Gasteiger partial charge >= 0.3 is 0 Å². The molecule has 0 spiro atoms. The third-order valence-electron chi connectivity index (χ3n) is 8.70. The molecular weight excluding hydrogens is 544 g/mol. The number of para-hydroxylation sites is 2. The fourth-order valence-electron chi connectivity index (χ4n) is 6.69. The van der Waals surface area contributed by atoms with Crippen molar-refractivity contribution in [2.75, 3.05) is 4.90 Å². The van der Waals surface area contributed by atoms with Gasteiger partial charge in [0, 0.05) is 56.6 Å². The van der Waals surface area contributed by atoms with Crippen LogP contribution in [-0.4, -0.2) is 4.98 Å². The highest BCUT2D eigenvalue weighted by Gasteiger charge is 2.22. The molecule has 0 aliphatic carbocycles. The van der Waals surface area contributed by atoms with Crippen molar-refractivity contribution in [1.82, 2.24) is 4.98 Å². The topological polar surface area (TPSA) is 55.6 Å². The molecule has 6 aromatic carbocycles. The molecular formula is C39H22N2O3. The van der Waals surface area contributed by atoms with Crippen molar-refractivity contribution in [3.05, 3.63) is 134 Å². The Labute approximate surface area is 250 Å². The minimum atomic E-state index is 0.590. The number of nitrogens with zero attached hydrogens (tertiary/aromatic N) is 2. The lowest BCUT2D eigenvalue weighted by Crippen LogP contribution is -2.10. The highest BCUT2D eigenvalue weighted by Crippen LogP contribution is 2.45. The summed E-state index contributed by atoms with van der Waals surface area (Å²) in [6, 6.07) is 43.8. The van der Waals surface area contributed by atoms with Crippen LogP contribution < -0.4 is 4.90 Å². The number of furan rings is 3. The first-order valence-electron chi connectivity index (χ1n) is 14.6. The van der Waals surface area contributed by atoms with E-state index in [0.29, 0.717) is 5.71 Å². The van der Waals surface area contributed by atoms with E-state index in [1.54, 1.807) is 0 Å². The minimum Gasteiger partial charge on any atom is -0.456 e. The molecule has 0 unspecified atom stereocenters. The number of fused-ring (bicyclic) bond motifs is 10.